The van der Waals surface area contributed by atoms with Gasteiger partial charge in [-0.15, -0.1) is 0 Å². The number of halogens is 2. The second-order valence-corrected chi connectivity index (χ2v) is 10.3. The molecule has 2 fully saturated rings. The first kappa shape index (κ1) is 24.9. The summed E-state index contributed by atoms with van der Waals surface area (Å²) in [4.78, 5) is 2.04. The van der Waals surface area contributed by atoms with Crippen LogP contribution >= 0.6 is 23.4 Å². The van der Waals surface area contributed by atoms with Gasteiger partial charge in [0.2, 0.25) is 15.7 Å². The number of nitrogens with zero attached hydrogens (tertiary/aromatic N) is 3. The molecule has 1 unspecified atom stereocenters. The largest absolute Gasteiger partial charge is 1.00 e. The minimum absolute atomic E-state index is 0. The fraction of sp³-hybridized carbons (Fsp3) is 0.632. The van der Waals surface area contributed by atoms with Crippen LogP contribution in [0.15, 0.2) is 23.1 Å². The molecule has 0 saturated carbocycles. The van der Waals surface area contributed by atoms with Crippen LogP contribution in [0.25, 0.3) is 0 Å². The summed E-state index contributed by atoms with van der Waals surface area (Å²) in [6, 6.07) is 4.88. The van der Waals surface area contributed by atoms with Crippen LogP contribution < -0.4 is 17.0 Å². The third-order valence-electron chi connectivity index (χ3n) is 5.51. The summed E-state index contributed by atoms with van der Waals surface area (Å²) in [5.74, 6) is 0.442. The van der Waals surface area contributed by atoms with Crippen molar-refractivity contribution in [2.45, 2.75) is 44.2 Å². The van der Waals surface area contributed by atoms with E-state index >= 15 is 0 Å². The average Bonchev–Trinajstić information content (AvgIpc) is 3.32. The number of sulfonamides is 1. The van der Waals surface area contributed by atoms with E-state index in [-0.39, 0.29) is 26.9 Å². The molecule has 0 aliphatic carbocycles. The third-order valence-corrected chi connectivity index (χ3v) is 9.17. The monoisotopic (exact) mass is 525 g/mol. The summed E-state index contributed by atoms with van der Waals surface area (Å²) in [6.07, 6.45) is 1.73. The van der Waals surface area contributed by atoms with E-state index in [9.17, 15) is 13.5 Å². The third kappa shape index (κ3) is 4.50. The smallest absolute Gasteiger partial charge is 0.311 e. The van der Waals surface area contributed by atoms with Crippen molar-refractivity contribution in [3.63, 3.8) is 0 Å². The molecule has 2 aliphatic heterocycles. The SMILES string of the molecule is CCN1C(=[N+](CC)CC)SCC1(O)c1ccc(Cl)c(S(=O)(=O)N2CCCC2)c1.[Br-]. The van der Waals surface area contributed by atoms with Gasteiger partial charge in [-0.05, 0) is 57.5 Å². The Kier molecular flexibility index (Phi) is 8.49. The van der Waals surface area contributed by atoms with Gasteiger partial charge in [0, 0.05) is 18.7 Å². The highest BCUT2D eigenvalue weighted by Gasteiger charge is 2.51. The minimum Gasteiger partial charge on any atom is -1.00 e. The number of thioether (sulfide) groups is 1. The van der Waals surface area contributed by atoms with E-state index in [0.29, 0.717) is 31.0 Å². The zero-order chi connectivity index (χ0) is 20.5. The summed E-state index contributed by atoms with van der Waals surface area (Å²) in [5.41, 5.74) is -0.705. The lowest BCUT2D eigenvalue weighted by Gasteiger charge is -2.29. The molecule has 10 heteroatoms. The minimum atomic E-state index is -3.66. The normalized spacial score (nSPS) is 22.8. The predicted molar refractivity (Wildman–Crippen MR) is 115 cm³/mol. The summed E-state index contributed by atoms with van der Waals surface area (Å²) in [5, 5.41) is 12.8. The van der Waals surface area contributed by atoms with Crippen LogP contribution in [0.1, 0.15) is 39.2 Å². The molecule has 29 heavy (non-hydrogen) atoms. The summed E-state index contributed by atoms with van der Waals surface area (Å²) in [7, 11) is -3.66. The van der Waals surface area contributed by atoms with Crippen molar-refractivity contribution in [2.75, 3.05) is 38.5 Å². The molecule has 3 rings (SSSR count). The van der Waals surface area contributed by atoms with Crippen LogP contribution in [0.3, 0.4) is 0 Å². The maximum Gasteiger partial charge on any atom is 0.311 e. The number of rotatable bonds is 6. The molecule has 0 amide bonds. The van der Waals surface area contributed by atoms with Gasteiger partial charge >= 0.3 is 5.17 Å². The second kappa shape index (κ2) is 9.87. The maximum absolute atomic E-state index is 13.1. The number of benzene rings is 1. The summed E-state index contributed by atoms with van der Waals surface area (Å²) < 4.78 is 29.8. The van der Waals surface area contributed by atoms with Crippen LogP contribution in [0.2, 0.25) is 5.02 Å². The first-order chi connectivity index (χ1) is 13.3. The molecule has 0 radical (unpaired) electrons. The fourth-order valence-electron chi connectivity index (χ4n) is 3.89. The molecule has 1 N–H and O–H groups in total. The van der Waals surface area contributed by atoms with E-state index in [1.54, 1.807) is 30.0 Å². The quantitative estimate of drug-likeness (QED) is 0.518. The van der Waals surface area contributed by atoms with Crippen molar-refractivity contribution in [3.8, 4) is 0 Å². The standard InChI is InChI=1S/C19H29ClN3O3S2.BrH/c1-4-21(5-2)18-23(6-3)19(24,14-27-18)15-9-10-16(20)17(13-15)28(25,26)22-11-7-8-12-22;/h9-10,13,24H,4-8,11-12,14H2,1-3H3;1H/q+1;/p-1. The molecule has 6 nitrogen and oxygen atoms in total. The van der Waals surface area contributed by atoms with Gasteiger partial charge in [-0.25, -0.2) is 13.3 Å². The molecule has 164 valence electrons. The molecule has 0 aromatic heterocycles. The molecule has 0 spiro atoms. The van der Waals surface area contributed by atoms with Crippen molar-refractivity contribution < 1.29 is 35.1 Å². The first-order valence-electron chi connectivity index (χ1n) is 9.84. The zero-order valence-electron chi connectivity index (χ0n) is 17.1. The van der Waals surface area contributed by atoms with Crippen LogP contribution in [0.4, 0.5) is 0 Å². The molecule has 1 atom stereocenters. The first-order valence-corrected chi connectivity index (χ1v) is 12.6. The Morgan fingerprint density at radius 3 is 2.38 bits per heavy atom. The lowest BCUT2D eigenvalue weighted by atomic mass is 10.0. The van der Waals surface area contributed by atoms with Crippen molar-refractivity contribution >= 4 is 38.6 Å². The summed E-state index contributed by atoms with van der Waals surface area (Å²) >= 11 is 7.89. The van der Waals surface area contributed by atoms with Crippen molar-refractivity contribution in [1.29, 1.82) is 0 Å². The van der Waals surface area contributed by atoms with Gasteiger partial charge in [-0.1, -0.05) is 17.7 Å². The van der Waals surface area contributed by atoms with E-state index in [2.05, 4.69) is 18.4 Å². The molecular formula is C19H29BrClN3O3S2. The van der Waals surface area contributed by atoms with E-state index in [1.807, 2.05) is 11.8 Å². The molecular weight excluding hydrogens is 498 g/mol. The Balaban J connectivity index is 0.00000300. The van der Waals surface area contributed by atoms with E-state index < -0.39 is 15.7 Å². The van der Waals surface area contributed by atoms with Gasteiger partial charge in [0.05, 0.1) is 30.4 Å². The Morgan fingerprint density at radius 1 is 1.21 bits per heavy atom. The fourth-order valence-corrected chi connectivity index (χ4v) is 7.44. The van der Waals surface area contributed by atoms with Gasteiger partial charge in [-0.3, -0.25) is 4.58 Å². The van der Waals surface area contributed by atoms with Crippen LogP contribution in [-0.2, 0) is 15.7 Å². The summed E-state index contributed by atoms with van der Waals surface area (Å²) in [6.45, 7) is 9.52. The average molecular weight is 527 g/mol. The molecule has 2 aliphatic rings. The highest BCUT2D eigenvalue weighted by atomic mass is 79.9. The van der Waals surface area contributed by atoms with Crippen molar-refractivity contribution in [2.24, 2.45) is 0 Å². The number of amidine groups is 1. The molecule has 2 saturated heterocycles. The Labute approximate surface area is 193 Å². The number of aliphatic hydroxyl groups is 1. The molecule has 1 aromatic rings. The van der Waals surface area contributed by atoms with Gasteiger partial charge in [0.15, 0.2) is 0 Å². The van der Waals surface area contributed by atoms with E-state index in [4.69, 9.17) is 11.6 Å². The van der Waals surface area contributed by atoms with Gasteiger partial charge in [-0.2, -0.15) is 4.31 Å². The van der Waals surface area contributed by atoms with Gasteiger partial charge in [0.25, 0.3) is 0 Å². The lowest BCUT2D eigenvalue weighted by Crippen LogP contribution is -3.00. The Bertz CT molecular complexity index is 869. The van der Waals surface area contributed by atoms with Crippen molar-refractivity contribution in [1.82, 2.24) is 9.21 Å². The Hall–Kier alpha value is -0.320. The highest BCUT2D eigenvalue weighted by Crippen LogP contribution is 2.40. The van der Waals surface area contributed by atoms with E-state index in [1.165, 1.54) is 4.31 Å². The lowest BCUT2D eigenvalue weighted by molar-refractivity contribution is -0.523. The highest BCUT2D eigenvalue weighted by molar-refractivity contribution is 8.13. The van der Waals surface area contributed by atoms with Crippen LogP contribution in [-0.4, -0.2) is 70.9 Å². The van der Waals surface area contributed by atoms with Crippen LogP contribution in [0.5, 0.6) is 0 Å². The number of hydrogen-bond donors (Lipinski definition) is 1. The molecule has 2 heterocycles. The topological polar surface area (TPSA) is 63.9 Å². The zero-order valence-corrected chi connectivity index (χ0v) is 21.0. The number of hydrogen-bond acceptors (Lipinski definition) is 4. The predicted octanol–water partition coefficient (Wildman–Crippen LogP) is -0.249. The van der Waals surface area contributed by atoms with E-state index in [0.717, 1.165) is 31.1 Å². The van der Waals surface area contributed by atoms with Gasteiger partial charge in [0.1, 0.15) is 4.90 Å². The van der Waals surface area contributed by atoms with Gasteiger partial charge < -0.3 is 22.1 Å². The second-order valence-electron chi connectivity index (χ2n) is 7.06. The molecule has 1 aromatic carbocycles. The molecule has 0 bridgehead atoms. The maximum atomic E-state index is 13.1. The van der Waals surface area contributed by atoms with Crippen molar-refractivity contribution in [3.05, 3.63) is 28.8 Å². The Morgan fingerprint density at radius 2 is 1.83 bits per heavy atom. The van der Waals surface area contributed by atoms with Crippen LogP contribution in [0, 0.1) is 0 Å².